The summed E-state index contributed by atoms with van der Waals surface area (Å²) in [6.45, 7) is 5.00. The molecule has 3 rings (SSSR count). The molecule has 2 atom stereocenters. The first kappa shape index (κ1) is 14.9. The first-order valence-electron chi connectivity index (χ1n) is 7.35. The molecule has 21 heavy (non-hydrogen) atoms. The van der Waals surface area contributed by atoms with Gasteiger partial charge in [-0.25, -0.2) is 0 Å². The van der Waals surface area contributed by atoms with E-state index in [9.17, 15) is 4.79 Å². The SMILES string of the molecule is CC1(C)C(C=C(Cl)Cl)C1C(=O)N1CCCc2ccccc21. The second-order valence-electron chi connectivity index (χ2n) is 6.50. The van der Waals surface area contributed by atoms with Gasteiger partial charge in [-0.15, -0.1) is 0 Å². The van der Waals surface area contributed by atoms with E-state index in [0.717, 1.165) is 25.1 Å². The van der Waals surface area contributed by atoms with Crippen LogP contribution in [-0.4, -0.2) is 12.5 Å². The Morgan fingerprint density at radius 1 is 1.33 bits per heavy atom. The summed E-state index contributed by atoms with van der Waals surface area (Å²) < 4.78 is 0.252. The maximum atomic E-state index is 12.9. The van der Waals surface area contributed by atoms with E-state index in [1.54, 1.807) is 0 Å². The summed E-state index contributed by atoms with van der Waals surface area (Å²) in [5.41, 5.74) is 2.26. The Hall–Kier alpha value is -0.990. The third kappa shape index (κ3) is 2.60. The number of nitrogens with zero attached hydrogens (tertiary/aromatic N) is 1. The number of halogens is 2. The van der Waals surface area contributed by atoms with Crippen molar-refractivity contribution in [1.29, 1.82) is 0 Å². The quantitative estimate of drug-likeness (QED) is 0.781. The molecule has 1 fully saturated rings. The molecule has 1 aliphatic carbocycles. The van der Waals surface area contributed by atoms with Crippen molar-refractivity contribution in [3.05, 3.63) is 40.4 Å². The zero-order chi connectivity index (χ0) is 15.2. The number of benzene rings is 1. The summed E-state index contributed by atoms with van der Waals surface area (Å²) in [7, 11) is 0. The molecule has 2 unspecified atom stereocenters. The molecule has 1 aliphatic heterocycles. The number of carbonyl (C=O) groups excluding carboxylic acids is 1. The van der Waals surface area contributed by atoms with Crippen LogP contribution in [0.5, 0.6) is 0 Å². The average molecular weight is 324 g/mol. The molecule has 2 aliphatic rings. The molecule has 4 heteroatoms. The van der Waals surface area contributed by atoms with Crippen molar-refractivity contribution in [3.8, 4) is 0 Å². The highest BCUT2D eigenvalue weighted by Gasteiger charge is 2.61. The summed E-state index contributed by atoms with van der Waals surface area (Å²) in [4.78, 5) is 14.9. The van der Waals surface area contributed by atoms with Crippen LogP contribution in [0.25, 0.3) is 0 Å². The molecule has 1 amide bonds. The number of anilines is 1. The summed E-state index contributed by atoms with van der Waals surface area (Å²) in [6.07, 6.45) is 3.87. The van der Waals surface area contributed by atoms with Gasteiger partial charge >= 0.3 is 0 Å². The largest absolute Gasteiger partial charge is 0.312 e. The van der Waals surface area contributed by atoms with Gasteiger partial charge in [0, 0.05) is 12.2 Å². The van der Waals surface area contributed by atoms with Crippen molar-refractivity contribution in [2.45, 2.75) is 26.7 Å². The first-order valence-corrected chi connectivity index (χ1v) is 8.10. The van der Waals surface area contributed by atoms with Crippen LogP contribution < -0.4 is 4.90 Å². The van der Waals surface area contributed by atoms with Gasteiger partial charge in [0.2, 0.25) is 5.91 Å². The molecule has 1 aromatic rings. The minimum atomic E-state index is -0.0709. The van der Waals surface area contributed by atoms with E-state index in [2.05, 4.69) is 19.9 Å². The van der Waals surface area contributed by atoms with Crippen LogP contribution in [0.1, 0.15) is 25.8 Å². The number of hydrogen-bond donors (Lipinski definition) is 0. The van der Waals surface area contributed by atoms with E-state index in [-0.39, 0.29) is 27.6 Å². The molecule has 1 heterocycles. The standard InChI is InChI=1S/C17H19Cl2NO/c1-17(2)12(10-14(18)19)15(17)16(21)20-9-5-7-11-6-3-4-8-13(11)20/h3-4,6,8,10,12,15H,5,7,9H2,1-2H3. The highest BCUT2D eigenvalue weighted by molar-refractivity contribution is 6.55. The van der Waals surface area contributed by atoms with Gasteiger partial charge in [-0.05, 0) is 41.9 Å². The van der Waals surface area contributed by atoms with Crippen molar-refractivity contribution in [2.75, 3.05) is 11.4 Å². The van der Waals surface area contributed by atoms with Gasteiger partial charge in [0.15, 0.2) is 0 Å². The third-order valence-electron chi connectivity index (χ3n) is 4.86. The van der Waals surface area contributed by atoms with Crippen molar-refractivity contribution in [2.24, 2.45) is 17.3 Å². The van der Waals surface area contributed by atoms with Gasteiger partial charge in [-0.1, -0.05) is 55.2 Å². The molecular weight excluding hydrogens is 305 g/mol. The van der Waals surface area contributed by atoms with Crippen LogP contribution in [0.4, 0.5) is 5.69 Å². The van der Waals surface area contributed by atoms with Crippen LogP contribution in [0.15, 0.2) is 34.8 Å². The van der Waals surface area contributed by atoms with E-state index >= 15 is 0 Å². The monoisotopic (exact) mass is 323 g/mol. The molecule has 0 aromatic heterocycles. The molecule has 2 nitrogen and oxygen atoms in total. The molecule has 0 radical (unpaired) electrons. The molecule has 112 valence electrons. The second kappa shape index (κ2) is 5.33. The molecular formula is C17H19Cl2NO. The fourth-order valence-corrected chi connectivity index (χ4v) is 3.80. The van der Waals surface area contributed by atoms with Gasteiger partial charge in [0.1, 0.15) is 4.49 Å². The Labute approximate surface area is 135 Å². The number of allylic oxidation sites excluding steroid dienone is 1. The smallest absolute Gasteiger partial charge is 0.231 e. The Morgan fingerprint density at radius 3 is 2.76 bits per heavy atom. The third-order valence-corrected chi connectivity index (χ3v) is 5.11. The zero-order valence-corrected chi connectivity index (χ0v) is 13.8. The number of rotatable bonds is 2. The van der Waals surface area contributed by atoms with Crippen LogP contribution >= 0.6 is 23.2 Å². The lowest BCUT2D eigenvalue weighted by atomic mass is 10.0. The van der Waals surface area contributed by atoms with Crippen LogP contribution in [0.2, 0.25) is 0 Å². The lowest BCUT2D eigenvalue weighted by Crippen LogP contribution is -2.37. The Bertz CT molecular complexity index is 605. The van der Waals surface area contributed by atoms with Gasteiger partial charge < -0.3 is 4.90 Å². The van der Waals surface area contributed by atoms with E-state index in [4.69, 9.17) is 23.2 Å². The van der Waals surface area contributed by atoms with Crippen molar-refractivity contribution >= 4 is 34.8 Å². The Kier molecular flexibility index (Phi) is 3.79. The van der Waals surface area contributed by atoms with Gasteiger partial charge in [0.05, 0.1) is 5.92 Å². The lowest BCUT2D eigenvalue weighted by molar-refractivity contribution is -0.120. The fraction of sp³-hybridized carbons (Fsp3) is 0.471. The molecule has 1 saturated carbocycles. The van der Waals surface area contributed by atoms with Gasteiger partial charge in [-0.3, -0.25) is 4.79 Å². The summed E-state index contributed by atoms with van der Waals surface area (Å²) in [5, 5.41) is 0. The number of amides is 1. The van der Waals surface area contributed by atoms with Gasteiger partial charge in [0.25, 0.3) is 0 Å². The maximum Gasteiger partial charge on any atom is 0.231 e. The minimum absolute atomic E-state index is 0.0313. The maximum absolute atomic E-state index is 12.9. The first-order chi connectivity index (χ1) is 9.93. The molecule has 0 N–H and O–H groups in total. The minimum Gasteiger partial charge on any atom is -0.312 e. The second-order valence-corrected chi connectivity index (χ2v) is 7.51. The van der Waals surface area contributed by atoms with E-state index in [1.807, 2.05) is 29.2 Å². The topological polar surface area (TPSA) is 20.3 Å². The zero-order valence-electron chi connectivity index (χ0n) is 12.3. The van der Waals surface area contributed by atoms with E-state index < -0.39 is 0 Å². The van der Waals surface area contributed by atoms with Crippen LogP contribution in [-0.2, 0) is 11.2 Å². The number of hydrogen-bond acceptors (Lipinski definition) is 1. The van der Waals surface area contributed by atoms with Gasteiger partial charge in [-0.2, -0.15) is 0 Å². The van der Waals surface area contributed by atoms with Crippen LogP contribution in [0, 0.1) is 17.3 Å². The lowest BCUT2D eigenvalue weighted by Gasteiger charge is -2.30. The Morgan fingerprint density at radius 2 is 2.05 bits per heavy atom. The van der Waals surface area contributed by atoms with E-state index in [1.165, 1.54) is 5.56 Å². The number of fused-ring (bicyclic) bond motifs is 1. The predicted octanol–water partition coefficient (Wildman–Crippen LogP) is 4.56. The molecule has 0 bridgehead atoms. The summed E-state index contributed by atoms with van der Waals surface area (Å²) in [5.74, 6) is 0.295. The van der Waals surface area contributed by atoms with Crippen molar-refractivity contribution in [3.63, 3.8) is 0 Å². The normalized spacial score (nSPS) is 26.0. The number of carbonyl (C=O) groups is 1. The molecule has 0 saturated heterocycles. The average Bonchev–Trinajstić information content (AvgIpc) is 2.97. The number of aryl methyl sites for hydroxylation is 1. The fourth-order valence-electron chi connectivity index (χ4n) is 3.53. The highest BCUT2D eigenvalue weighted by atomic mass is 35.5. The van der Waals surface area contributed by atoms with Crippen molar-refractivity contribution < 1.29 is 4.79 Å². The molecule has 0 spiro atoms. The van der Waals surface area contributed by atoms with Crippen molar-refractivity contribution in [1.82, 2.24) is 0 Å². The summed E-state index contributed by atoms with van der Waals surface area (Å²) >= 11 is 11.6. The molecule has 1 aromatic carbocycles. The summed E-state index contributed by atoms with van der Waals surface area (Å²) in [6, 6.07) is 8.18. The Balaban J connectivity index is 1.86. The predicted molar refractivity (Wildman–Crippen MR) is 87.7 cm³/mol. The highest BCUT2D eigenvalue weighted by Crippen LogP contribution is 2.60. The number of para-hydroxylation sites is 1. The van der Waals surface area contributed by atoms with Crippen LogP contribution in [0.3, 0.4) is 0 Å². The van der Waals surface area contributed by atoms with E-state index in [0.29, 0.717) is 0 Å².